The van der Waals surface area contributed by atoms with Gasteiger partial charge in [-0.25, -0.2) is 5.43 Å². The number of nitrogens with one attached hydrogen (secondary N) is 1. The monoisotopic (exact) mass is 310 g/mol. The predicted molar refractivity (Wildman–Crippen MR) is 93.1 cm³/mol. The van der Waals surface area contributed by atoms with Gasteiger partial charge >= 0.3 is 0 Å². The lowest BCUT2D eigenvalue weighted by atomic mass is 10.1. The SMILES string of the molecule is Cc1ccc(/C=N/NC(=O)COc2ccc(C)c(C)c2)c(C)c1. The van der Waals surface area contributed by atoms with Gasteiger partial charge in [0, 0.05) is 0 Å². The number of nitrogens with zero attached hydrogens (tertiary/aromatic N) is 1. The summed E-state index contributed by atoms with van der Waals surface area (Å²) >= 11 is 0. The topological polar surface area (TPSA) is 50.7 Å². The molecule has 2 aromatic rings. The van der Waals surface area contributed by atoms with Crippen LogP contribution in [-0.4, -0.2) is 18.7 Å². The van der Waals surface area contributed by atoms with E-state index in [2.05, 4.69) is 16.6 Å². The number of benzene rings is 2. The van der Waals surface area contributed by atoms with E-state index >= 15 is 0 Å². The molecular formula is C19H22N2O2. The Morgan fingerprint density at radius 1 is 1.04 bits per heavy atom. The number of ether oxygens (including phenoxy) is 1. The maximum atomic E-state index is 11.7. The summed E-state index contributed by atoms with van der Waals surface area (Å²) in [6.07, 6.45) is 1.64. The van der Waals surface area contributed by atoms with Gasteiger partial charge in [-0.3, -0.25) is 4.79 Å². The minimum absolute atomic E-state index is 0.0628. The number of carbonyl (C=O) groups excluding carboxylic acids is 1. The fraction of sp³-hybridized carbons (Fsp3) is 0.263. The van der Waals surface area contributed by atoms with E-state index in [4.69, 9.17) is 4.74 Å². The van der Waals surface area contributed by atoms with Crippen LogP contribution in [0.25, 0.3) is 0 Å². The lowest BCUT2D eigenvalue weighted by Crippen LogP contribution is -2.24. The quantitative estimate of drug-likeness (QED) is 0.679. The van der Waals surface area contributed by atoms with E-state index in [1.807, 2.05) is 58.0 Å². The highest BCUT2D eigenvalue weighted by Crippen LogP contribution is 2.16. The van der Waals surface area contributed by atoms with E-state index in [9.17, 15) is 4.79 Å². The van der Waals surface area contributed by atoms with Gasteiger partial charge in [-0.1, -0.05) is 29.8 Å². The highest BCUT2D eigenvalue weighted by molar-refractivity contribution is 5.84. The highest BCUT2D eigenvalue weighted by Gasteiger charge is 2.03. The van der Waals surface area contributed by atoms with Gasteiger partial charge in [0.15, 0.2) is 6.61 Å². The molecule has 2 rings (SSSR count). The van der Waals surface area contributed by atoms with E-state index in [0.29, 0.717) is 5.75 Å². The largest absolute Gasteiger partial charge is 0.484 e. The zero-order chi connectivity index (χ0) is 16.8. The van der Waals surface area contributed by atoms with Gasteiger partial charge in [0.25, 0.3) is 5.91 Å². The average molecular weight is 310 g/mol. The van der Waals surface area contributed by atoms with Crippen molar-refractivity contribution in [2.24, 2.45) is 5.10 Å². The van der Waals surface area contributed by atoms with Crippen LogP contribution >= 0.6 is 0 Å². The fourth-order valence-corrected chi connectivity index (χ4v) is 2.13. The summed E-state index contributed by atoms with van der Waals surface area (Å²) in [6, 6.07) is 11.8. The van der Waals surface area contributed by atoms with Crippen molar-refractivity contribution < 1.29 is 9.53 Å². The second kappa shape index (κ2) is 7.58. The smallest absolute Gasteiger partial charge is 0.277 e. The van der Waals surface area contributed by atoms with E-state index in [-0.39, 0.29) is 12.5 Å². The molecule has 0 saturated carbocycles. The number of rotatable bonds is 5. The zero-order valence-electron chi connectivity index (χ0n) is 14.0. The van der Waals surface area contributed by atoms with Crippen LogP contribution < -0.4 is 10.2 Å². The van der Waals surface area contributed by atoms with Gasteiger partial charge in [-0.05, 0) is 62.1 Å². The molecule has 23 heavy (non-hydrogen) atoms. The second-order valence-electron chi connectivity index (χ2n) is 5.69. The Balaban J connectivity index is 1.85. The summed E-state index contributed by atoms with van der Waals surface area (Å²) in [5, 5.41) is 3.97. The Kier molecular flexibility index (Phi) is 5.52. The molecule has 0 aromatic heterocycles. The normalized spacial score (nSPS) is 10.8. The minimum Gasteiger partial charge on any atom is -0.484 e. The Bertz CT molecular complexity index is 736. The fourth-order valence-electron chi connectivity index (χ4n) is 2.13. The van der Waals surface area contributed by atoms with Gasteiger partial charge in [0.2, 0.25) is 0 Å². The first-order chi connectivity index (χ1) is 11.0. The molecular weight excluding hydrogens is 288 g/mol. The molecule has 4 heteroatoms. The van der Waals surface area contributed by atoms with Crippen molar-refractivity contribution in [3.63, 3.8) is 0 Å². The van der Waals surface area contributed by atoms with E-state index in [1.54, 1.807) is 6.21 Å². The maximum absolute atomic E-state index is 11.7. The number of hydrogen-bond acceptors (Lipinski definition) is 3. The third kappa shape index (κ3) is 4.95. The molecule has 0 aliphatic carbocycles. The van der Waals surface area contributed by atoms with Gasteiger partial charge in [0.05, 0.1) is 6.21 Å². The Morgan fingerprint density at radius 3 is 2.52 bits per heavy atom. The average Bonchev–Trinajstić information content (AvgIpc) is 2.50. The Morgan fingerprint density at radius 2 is 1.83 bits per heavy atom. The summed E-state index contributed by atoms with van der Waals surface area (Å²) < 4.78 is 5.46. The molecule has 1 N–H and O–H groups in total. The van der Waals surface area contributed by atoms with Crippen molar-refractivity contribution >= 4 is 12.1 Å². The van der Waals surface area contributed by atoms with Gasteiger partial charge in [-0.2, -0.15) is 5.10 Å². The van der Waals surface area contributed by atoms with Crippen LogP contribution in [0, 0.1) is 27.7 Å². The van der Waals surface area contributed by atoms with Gasteiger partial charge in [-0.15, -0.1) is 0 Å². The summed E-state index contributed by atoms with van der Waals surface area (Å²) in [7, 11) is 0. The van der Waals surface area contributed by atoms with Gasteiger partial charge in [0.1, 0.15) is 5.75 Å². The summed E-state index contributed by atoms with van der Waals surface area (Å²) in [6.45, 7) is 8.04. The lowest BCUT2D eigenvalue weighted by Gasteiger charge is -2.07. The zero-order valence-corrected chi connectivity index (χ0v) is 14.0. The third-order valence-electron chi connectivity index (χ3n) is 3.67. The van der Waals surface area contributed by atoms with Crippen LogP contribution in [0.3, 0.4) is 0 Å². The summed E-state index contributed by atoms with van der Waals surface area (Å²) in [5.74, 6) is 0.394. The molecule has 120 valence electrons. The Labute approximate surface area is 137 Å². The number of aryl methyl sites for hydroxylation is 4. The summed E-state index contributed by atoms with van der Waals surface area (Å²) in [4.78, 5) is 11.7. The van der Waals surface area contributed by atoms with Crippen LogP contribution in [0.2, 0.25) is 0 Å². The molecule has 2 aromatic carbocycles. The molecule has 0 fully saturated rings. The number of hydrazone groups is 1. The van der Waals surface area contributed by atoms with Crippen molar-refractivity contribution in [2.75, 3.05) is 6.61 Å². The molecule has 4 nitrogen and oxygen atoms in total. The highest BCUT2D eigenvalue weighted by atomic mass is 16.5. The first-order valence-electron chi connectivity index (χ1n) is 7.55. The molecule has 1 amide bonds. The van der Waals surface area contributed by atoms with Crippen LogP contribution in [0.15, 0.2) is 41.5 Å². The predicted octanol–water partition coefficient (Wildman–Crippen LogP) is 3.45. The first-order valence-corrected chi connectivity index (χ1v) is 7.55. The standard InChI is InChI=1S/C19H22N2O2/c1-13-5-7-17(16(4)9-13)11-20-21-19(22)12-23-18-8-6-14(2)15(3)10-18/h5-11H,12H2,1-4H3,(H,21,22)/b20-11+. The molecule has 0 aliphatic heterocycles. The van der Waals surface area contributed by atoms with E-state index in [1.165, 1.54) is 11.1 Å². The lowest BCUT2D eigenvalue weighted by molar-refractivity contribution is -0.123. The Hall–Kier alpha value is -2.62. The van der Waals surface area contributed by atoms with Crippen molar-refractivity contribution in [1.82, 2.24) is 5.43 Å². The second-order valence-corrected chi connectivity index (χ2v) is 5.69. The molecule has 0 radical (unpaired) electrons. The summed E-state index contributed by atoms with van der Waals surface area (Å²) in [5.41, 5.74) is 8.10. The number of hydrogen-bond donors (Lipinski definition) is 1. The van der Waals surface area contributed by atoms with Crippen molar-refractivity contribution in [3.8, 4) is 5.75 Å². The number of amides is 1. The van der Waals surface area contributed by atoms with E-state index in [0.717, 1.165) is 16.7 Å². The van der Waals surface area contributed by atoms with Crippen LogP contribution in [0.1, 0.15) is 27.8 Å². The molecule has 0 heterocycles. The van der Waals surface area contributed by atoms with Gasteiger partial charge < -0.3 is 4.74 Å². The first kappa shape index (κ1) is 16.7. The molecule has 0 saturated heterocycles. The molecule has 0 bridgehead atoms. The van der Waals surface area contributed by atoms with Crippen LogP contribution in [-0.2, 0) is 4.79 Å². The van der Waals surface area contributed by atoms with Crippen LogP contribution in [0.5, 0.6) is 5.75 Å². The van der Waals surface area contributed by atoms with Crippen molar-refractivity contribution in [2.45, 2.75) is 27.7 Å². The molecule has 0 spiro atoms. The van der Waals surface area contributed by atoms with Crippen molar-refractivity contribution in [3.05, 3.63) is 64.2 Å². The van der Waals surface area contributed by atoms with Crippen LogP contribution in [0.4, 0.5) is 0 Å². The molecule has 0 unspecified atom stereocenters. The molecule has 0 atom stereocenters. The number of carbonyl (C=O) groups is 1. The molecule has 0 aliphatic rings. The van der Waals surface area contributed by atoms with Crippen molar-refractivity contribution in [1.29, 1.82) is 0 Å². The van der Waals surface area contributed by atoms with E-state index < -0.39 is 0 Å². The maximum Gasteiger partial charge on any atom is 0.277 e. The third-order valence-corrected chi connectivity index (χ3v) is 3.67. The minimum atomic E-state index is -0.288.